The summed E-state index contributed by atoms with van der Waals surface area (Å²) in [4.78, 5) is 12.9. The Morgan fingerprint density at radius 1 is 1.09 bits per heavy atom. The minimum absolute atomic E-state index is 0.0784. The van der Waals surface area contributed by atoms with Crippen LogP contribution in [-0.4, -0.2) is 25.3 Å². The number of nitrogens with one attached hydrogen (secondary N) is 1. The van der Waals surface area contributed by atoms with Gasteiger partial charge < -0.3 is 10.1 Å². The number of carbonyl (C=O) groups is 1. The average Bonchev–Trinajstić information content (AvgIpc) is 2.59. The van der Waals surface area contributed by atoms with Gasteiger partial charge in [-0.15, -0.1) is 11.8 Å². The predicted molar refractivity (Wildman–Crippen MR) is 96.2 cm³/mol. The van der Waals surface area contributed by atoms with Gasteiger partial charge in [0.2, 0.25) is 5.91 Å². The maximum absolute atomic E-state index is 11.8. The Bertz CT molecular complexity index is 608. The molecule has 0 radical (unpaired) electrons. The van der Waals surface area contributed by atoms with Gasteiger partial charge in [-0.25, -0.2) is 0 Å². The number of benzene rings is 2. The van der Waals surface area contributed by atoms with E-state index in [9.17, 15) is 4.79 Å². The smallest absolute Gasteiger partial charge is 0.230 e. The number of hydrogen-bond donors (Lipinski definition) is 1. The first-order chi connectivity index (χ1) is 11.2. The monoisotopic (exact) mass is 329 g/mol. The summed E-state index contributed by atoms with van der Waals surface area (Å²) < 4.78 is 5.11. The molecule has 4 heteroatoms. The third kappa shape index (κ3) is 6.37. The van der Waals surface area contributed by atoms with Gasteiger partial charge in [0.1, 0.15) is 5.75 Å². The van der Waals surface area contributed by atoms with Crippen molar-refractivity contribution in [2.75, 3.05) is 19.4 Å². The first-order valence-corrected chi connectivity index (χ1v) is 8.75. The molecule has 0 aromatic heterocycles. The van der Waals surface area contributed by atoms with Crippen LogP contribution in [0.25, 0.3) is 0 Å². The van der Waals surface area contributed by atoms with Crippen molar-refractivity contribution in [2.24, 2.45) is 0 Å². The Hall–Kier alpha value is -1.94. The second kappa shape index (κ2) is 9.26. The summed E-state index contributed by atoms with van der Waals surface area (Å²) in [5.74, 6) is 1.35. The number of thioether (sulfide) groups is 1. The van der Waals surface area contributed by atoms with E-state index in [0.29, 0.717) is 5.75 Å². The molecule has 0 heterocycles. The molecule has 0 atom stereocenters. The van der Waals surface area contributed by atoms with Crippen LogP contribution >= 0.6 is 11.8 Å². The minimum Gasteiger partial charge on any atom is -0.497 e. The summed E-state index contributed by atoms with van der Waals surface area (Å²) in [6.45, 7) is 2.81. The summed E-state index contributed by atoms with van der Waals surface area (Å²) in [6.07, 6.45) is 1.95. The Labute approximate surface area is 142 Å². The molecule has 0 spiro atoms. The lowest BCUT2D eigenvalue weighted by Gasteiger charge is -2.06. The molecule has 0 bridgehead atoms. The molecule has 1 amide bonds. The number of methoxy groups -OCH3 is 1. The molecule has 3 nitrogen and oxygen atoms in total. The molecule has 0 unspecified atom stereocenters. The summed E-state index contributed by atoms with van der Waals surface area (Å²) in [5.41, 5.74) is 2.59. The van der Waals surface area contributed by atoms with Crippen molar-refractivity contribution in [3.05, 3.63) is 59.7 Å². The topological polar surface area (TPSA) is 38.3 Å². The zero-order chi connectivity index (χ0) is 16.5. The van der Waals surface area contributed by atoms with Gasteiger partial charge >= 0.3 is 0 Å². The molecule has 122 valence electrons. The fraction of sp³-hybridized carbons (Fsp3) is 0.316. The average molecular weight is 329 g/mol. The standard InChI is InChI=1S/C19H23NO2S/c1-15-5-7-16(8-6-15)4-3-13-20-19(21)14-23-18-11-9-17(22-2)10-12-18/h5-12H,3-4,13-14H2,1-2H3,(H,20,21). The molecular formula is C19H23NO2S. The first-order valence-electron chi connectivity index (χ1n) is 7.76. The van der Waals surface area contributed by atoms with E-state index in [2.05, 4.69) is 36.5 Å². The first kappa shape index (κ1) is 17.4. The molecule has 0 saturated heterocycles. The fourth-order valence-corrected chi connectivity index (χ4v) is 2.88. The molecule has 2 rings (SSSR count). The third-order valence-corrected chi connectivity index (χ3v) is 4.53. The van der Waals surface area contributed by atoms with E-state index in [1.54, 1.807) is 7.11 Å². The van der Waals surface area contributed by atoms with Crippen LogP contribution in [0.15, 0.2) is 53.4 Å². The largest absolute Gasteiger partial charge is 0.497 e. The van der Waals surface area contributed by atoms with Crippen molar-refractivity contribution in [3.8, 4) is 5.75 Å². The van der Waals surface area contributed by atoms with E-state index in [0.717, 1.165) is 30.0 Å². The van der Waals surface area contributed by atoms with Crippen LogP contribution in [0.2, 0.25) is 0 Å². The van der Waals surface area contributed by atoms with Gasteiger partial charge in [-0.1, -0.05) is 29.8 Å². The Morgan fingerprint density at radius 2 is 1.78 bits per heavy atom. The molecule has 2 aromatic rings. The van der Waals surface area contributed by atoms with Gasteiger partial charge in [0.25, 0.3) is 0 Å². The van der Waals surface area contributed by atoms with Crippen LogP contribution < -0.4 is 10.1 Å². The van der Waals surface area contributed by atoms with Crippen LogP contribution in [0, 0.1) is 6.92 Å². The number of hydrogen-bond acceptors (Lipinski definition) is 3. The predicted octanol–water partition coefficient (Wildman–Crippen LogP) is 3.84. The second-order valence-corrected chi connectivity index (χ2v) is 6.45. The maximum Gasteiger partial charge on any atom is 0.230 e. The van der Waals surface area contributed by atoms with Gasteiger partial charge in [-0.2, -0.15) is 0 Å². The highest BCUT2D eigenvalue weighted by atomic mass is 32.2. The Balaban J connectivity index is 1.62. The van der Waals surface area contributed by atoms with Gasteiger partial charge in [0.05, 0.1) is 12.9 Å². The molecule has 0 saturated carbocycles. The molecule has 2 aromatic carbocycles. The number of amides is 1. The van der Waals surface area contributed by atoms with E-state index >= 15 is 0 Å². The van der Waals surface area contributed by atoms with Crippen LogP contribution in [0.1, 0.15) is 17.5 Å². The highest BCUT2D eigenvalue weighted by Crippen LogP contribution is 2.20. The highest BCUT2D eigenvalue weighted by Gasteiger charge is 2.03. The number of carbonyl (C=O) groups excluding carboxylic acids is 1. The lowest BCUT2D eigenvalue weighted by Crippen LogP contribution is -2.26. The molecule has 23 heavy (non-hydrogen) atoms. The quantitative estimate of drug-likeness (QED) is 0.590. The number of rotatable bonds is 8. The lowest BCUT2D eigenvalue weighted by atomic mass is 10.1. The maximum atomic E-state index is 11.8. The second-order valence-electron chi connectivity index (χ2n) is 5.40. The SMILES string of the molecule is COc1ccc(SCC(=O)NCCCc2ccc(C)cc2)cc1. The van der Waals surface area contributed by atoms with E-state index in [-0.39, 0.29) is 5.91 Å². The van der Waals surface area contributed by atoms with Gasteiger partial charge in [-0.05, 0) is 49.6 Å². The van der Waals surface area contributed by atoms with Crippen molar-refractivity contribution in [3.63, 3.8) is 0 Å². The van der Waals surface area contributed by atoms with E-state index < -0.39 is 0 Å². The summed E-state index contributed by atoms with van der Waals surface area (Å²) in [5, 5.41) is 2.97. The number of ether oxygens (including phenoxy) is 1. The molecule has 0 aliphatic carbocycles. The zero-order valence-electron chi connectivity index (χ0n) is 13.7. The molecule has 1 N–H and O–H groups in total. The third-order valence-electron chi connectivity index (χ3n) is 3.51. The summed E-state index contributed by atoms with van der Waals surface area (Å²) >= 11 is 1.54. The van der Waals surface area contributed by atoms with Crippen molar-refractivity contribution >= 4 is 17.7 Å². The highest BCUT2D eigenvalue weighted by molar-refractivity contribution is 8.00. The lowest BCUT2D eigenvalue weighted by molar-refractivity contribution is -0.118. The van der Waals surface area contributed by atoms with Crippen LogP contribution in [0.3, 0.4) is 0 Å². The molecule has 0 aliphatic rings. The van der Waals surface area contributed by atoms with Gasteiger partial charge in [0.15, 0.2) is 0 Å². The Morgan fingerprint density at radius 3 is 2.43 bits per heavy atom. The van der Waals surface area contributed by atoms with E-state index in [4.69, 9.17) is 4.74 Å². The van der Waals surface area contributed by atoms with Crippen molar-refractivity contribution in [1.29, 1.82) is 0 Å². The minimum atomic E-state index is 0.0784. The summed E-state index contributed by atoms with van der Waals surface area (Å²) in [6, 6.07) is 16.3. The molecule has 0 fully saturated rings. The van der Waals surface area contributed by atoms with Crippen LogP contribution in [0.4, 0.5) is 0 Å². The molecular weight excluding hydrogens is 306 g/mol. The molecule has 0 aliphatic heterocycles. The van der Waals surface area contributed by atoms with Gasteiger partial charge in [0, 0.05) is 11.4 Å². The van der Waals surface area contributed by atoms with Crippen molar-refractivity contribution in [2.45, 2.75) is 24.7 Å². The zero-order valence-corrected chi connectivity index (χ0v) is 14.5. The summed E-state index contributed by atoms with van der Waals surface area (Å²) in [7, 11) is 1.65. The Kier molecular flexibility index (Phi) is 7.01. The van der Waals surface area contributed by atoms with Crippen LogP contribution in [0.5, 0.6) is 5.75 Å². The fourth-order valence-electron chi connectivity index (χ4n) is 2.15. The normalized spacial score (nSPS) is 10.3. The van der Waals surface area contributed by atoms with Crippen LogP contribution in [-0.2, 0) is 11.2 Å². The number of aryl methyl sites for hydroxylation is 2. The van der Waals surface area contributed by atoms with E-state index in [1.807, 2.05) is 24.3 Å². The van der Waals surface area contributed by atoms with Crippen molar-refractivity contribution in [1.82, 2.24) is 5.32 Å². The van der Waals surface area contributed by atoms with Crippen molar-refractivity contribution < 1.29 is 9.53 Å². The van der Waals surface area contributed by atoms with Gasteiger partial charge in [-0.3, -0.25) is 4.79 Å². The van der Waals surface area contributed by atoms with E-state index in [1.165, 1.54) is 22.9 Å².